The maximum atomic E-state index is 13.1. The highest BCUT2D eigenvalue weighted by Gasteiger charge is 2.54. The predicted molar refractivity (Wildman–Crippen MR) is 190 cm³/mol. The molecule has 308 valence electrons. The van der Waals surface area contributed by atoms with Crippen LogP contribution in [0.15, 0.2) is 16.3 Å². The summed E-state index contributed by atoms with van der Waals surface area (Å²) in [6.45, 7) is -1.28. The highest BCUT2D eigenvalue weighted by atomic mass is 32.2. The van der Waals surface area contributed by atoms with Gasteiger partial charge in [-0.05, 0) is 32.6 Å². The van der Waals surface area contributed by atoms with Gasteiger partial charge in [0.1, 0.15) is 41.8 Å². The number of carboxylic acids is 2. The third-order valence-corrected chi connectivity index (χ3v) is 9.49. The Morgan fingerprint density at radius 3 is 2.09 bits per heavy atom. The van der Waals surface area contributed by atoms with Gasteiger partial charge in [0.15, 0.2) is 12.1 Å². The summed E-state index contributed by atoms with van der Waals surface area (Å²) in [5, 5.41) is 57.4. The summed E-state index contributed by atoms with van der Waals surface area (Å²) in [4.78, 5) is 104. The Balaban J connectivity index is 2.13. The number of carboxylic acid groups (broad SMARTS) is 2. The average Bonchev–Trinajstić information content (AvgIpc) is 3.13. The monoisotopic (exact) mass is 804 g/mol. The average molecular weight is 805 g/mol. The number of nitrogens with zero attached hydrogens (tertiary/aromatic N) is 2. The van der Waals surface area contributed by atoms with Crippen molar-refractivity contribution in [3.63, 3.8) is 0 Å². The number of amides is 5. The second-order valence-corrected chi connectivity index (χ2v) is 13.5. The maximum absolute atomic E-state index is 13.1. The number of aliphatic carboxylic acids is 2. The van der Waals surface area contributed by atoms with Crippen LogP contribution < -0.4 is 44.2 Å². The van der Waals surface area contributed by atoms with Crippen molar-refractivity contribution in [3.8, 4) is 0 Å². The lowest BCUT2D eigenvalue weighted by atomic mass is 10.0. The summed E-state index contributed by atoms with van der Waals surface area (Å²) < 4.78 is 5.20. The summed E-state index contributed by atoms with van der Waals surface area (Å²) in [5.74, 6) is -8.73. The zero-order chi connectivity index (χ0) is 41.6. The fourth-order valence-corrected chi connectivity index (χ4v) is 6.46. The molecular formula is C30H48N10O14S. The molecule has 0 aliphatic carbocycles. The van der Waals surface area contributed by atoms with Crippen LogP contribution in [0.4, 0.5) is 0 Å². The second kappa shape index (κ2) is 21.7. The van der Waals surface area contributed by atoms with Crippen molar-refractivity contribution in [2.45, 2.75) is 86.8 Å². The van der Waals surface area contributed by atoms with Crippen LogP contribution in [0.3, 0.4) is 0 Å². The number of nitrogens with two attached hydrogens (primary N) is 4. The summed E-state index contributed by atoms with van der Waals surface area (Å²) in [6, 6.07) is -7.98. The van der Waals surface area contributed by atoms with Crippen molar-refractivity contribution in [3.05, 3.63) is 11.3 Å². The van der Waals surface area contributed by atoms with E-state index >= 15 is 0 Å². The number of fused-ring (bicyclic) bond motifs is 1. The molecule has 0 spiro atoms. The topological polar surface area (TPSA) is 415 Å². The van der Waals surface area contributed by atoms with Crippen molar-refractivity contribution in [2.75, 3.05) is 32.1 Å². The van der Waals surface area contributed by atoms with Gasteiger partial charge in [-0.1, -0.05) is 0 Å². The molecule has 0 aromatic heterocycles. The van der Waals surface area contributed by atoms with Gasteiger partial charge in [0.05, 0.1) is 25.3 Å². The highest BCUT2D eigenvalue weighted by molar-refractivity contribution is 8.00. The van der Waals surface area contributed by atoms with Gasteiger partial charge < -0.3 is 74.5 Å². The number of esters is 1. The zero-order valence-electron chi connectivity index (χ0n) is 29.7. The first kappa shape index (κ1) is 46.1. The van der Waals surface area contributed by atoms with E-state index < -0.39 is 121 Å². The third kappa shape index (κ3) is 13.3. The minimum Gasteiger partial charge on any atom is -0.480 e. The van der Waals surface area contributed by atoms with Crippen LogP contribution in [0.1, 0.15) is 39.0 Å². The van der Waals surface area contributed by atoms with E-state index in [0.717, 1.165) is 16.7 Å². The number of hydrogen-bond donors (Lipinski definition) is 13. The molecule has 5 amide bonds. The van der Waals surface area contributed by atoms with Gasteiger partial charge in [-0.2, -0.15) is 0 Å². The molecule has 0 radical (unpaired) electrons. The van der Waals surface area contributed by atoms with E-state index in [1.807, 2.05) is 0 Å². The molecule has 17 N–H and O–H groups in total. The largest absolute Gasteiger partial charge is 0.480 e. The van der Waals surface area contributed by atoms with Crippen molar-refractivity contribution >= 4 is 65.2 Å². The number of aliphatic hydroxyl groups excluding tert-OH is 3. The molecule has 2 heterocycles. The number of carbonyl (C=O) groups excluding carboxylic acids is 6. The van der Waals surface area contributed by atoms with Crippen LogP contribution in [-0.2, 0) is 43.1 Å². The molecule has 0 aromatic rings. The lowest BCUT2D eigenvalue weighted by molar-refractivity contribution is -0.155. The number of ether oxygens (including phenoxy) is 1. The number of hydrogen-bond acceptors (Lipinski definition) is 16. The van der Waals surface area contributed by atoms with E-state index in [1.165, 1.54) is 6.92 Å². The Bertz CT molecular complexity index is 1520. The molecule has 8 atom stereocenters. The molecule has 0 unspecified atom stereocenters. The molecule has 24 nitrogen and oxygen atoms in total. The minimum absolute atomic E-state index is 0.00841. The van der Waals surface area contributed by atoms with Crippen LogP contribution in [0.5, 0.6) is 0 Å². The van der Waals surface area contributed by atoms with Crippen molar-refractivity contribution in [2.24, 2.45) is 27.9 Å². The van der Waals surface area contributed by atoms with Crippen molar-refractivity contribution < 1.29 is 68.6 Å². The van der Waals surface area contributed by atoms with E-state index in [2.05, 4.69) is 26.3 Å². The van der Waals surface area contributed by atoms with E-state index in [1.54, 1.807) is 0 Å². The Hall–Kier alpha value is -5.08. The summed E-state index contributed by atoms with van der Waals surface area (Å²) >= 11 is 1.06. The van der Waals surface area contributed by atoms with Gasteiger partial charge in [-0.15, -0.1) is 11.8 Å². The van der Waals surface area contributed by atoms with Crippen LogP contribution in [0.2, 0.25) is 0 Å². The smallest absolute Gasteiger partial charge is 0.352 e. The number of rotatable bonds is 23. The standard InChI is InChI=1S/C30H48N10O14S/c1-12(31)22(45)37-16(8-41)24(47)38-17(9-42)23(46)36-15(5-3-7-35-30(33)34)21(44)29(53)54-10-13-11-55-26-19(25(48)40(26)20(13)28(51)52)39-18(43)6-2-4-14(32)27(49)50/h12,14-17,19,21,26,41-42,44H,2-11,31-32H2,1H3,(H,36,46)(H,37,45)(H,38,47)(H,39,43)(H,49,50)(H,51,52)(H4,33,34,35)/t12-,14+,15-,16-,17-,19+,21+,26+/m0/s1. The number of carbonyl (C=O) groups is 8. The number of aliphatic hydroxyl groups is 3. The Labute approximate surface area is 317 Å². The minimum atomic E-state index is -2.11. The highest BCUT2D eigenvalue weighted by Crippen LogP contribution is 2.40. The fraction of sp³-hybridized carbons (Fsp3) is 0.633. The quantitative estimate of drug-likeness (QED) is 0.0150. The van der Waals surface area contributed by atoms with Gasteiger partial charge in [-0.3, -0.25) is 38.7 Å². The Kier molecular flexibility index (Phi) is 18.2. The zero-order valence-corrected chi connectivity index (χ0v) is 30.5. The van der Waals surface area contributed by atoms with E-state index in [-0.39, 0.29) is 55.9 Å². The number of thioether (sulfide) groups is 1. The van der Waals surface area contributed by atoms with Crippen molar-refractivity contribution in [1.82, 2.24) is 26.2 Å². The molecule has 0 saturated carbocycles. The molecule has 0 aromatic carbocycles. The number of guanidine groups is 1. The lowest BCUT2D eigenvalue weighted by Gasteiger charge is -2.49. The van der Waals surface area contributed by atoms with Gasteiger partial charge in [0.25, 0.3) is 5.91 Å². The summed E-state index contributed by atoms with van der Waals surface area (Å²) in [7, 11) is 0. The predicted octanol–water partition coefficient (Wildman–Crippen LogP) is -6.95. The van der Waals surface area contributed by atoms with Crippen LogP contribution in [0.25, 0.3) is 0 Å². The van der Waals surface area contributed by atoms with Gasteiger partial charge in [-0.25, -0.2) is 9.59 Å². The first-order chi connectivity index (χ1) is 25.8. The first-order valence-electron chi connectivity index (χ1n) is 16.8. The van der Waals surface area contributed by atoms with E-state index in [0.29, 0.717) is 0 Å². The van der Waals surface area contributed by atoms with E-state index in [4.69, 9.17) is 32.8 Å². The number of β-lactam (4-membered cyclic amide) rings is 1. The van der Waals surface area contributed by atoms with Gasteiger partial charge >= 0.3 is 17.9 Å². The fourth-order valence-electron chi connectivity index (χ4n) is 5.13. The normalized spacial score (nSPS) is 19.5. The summed E-state index contributed by atoms with van der Waals surface area (Å²) in [6.07, 6.45) is -2.18. The van der Waals surface area contributed by atoms with Crippen LogP contribution in [-0.4, -0.2) is 164 Å². The molecule has 2 aliphatic rings. The number of nitrogens with one attached hydrogen (secondary N) is 4. The molecule has 25 heteroatoms. The molecule has 0 bridgehead atoms. The van der Waals surface area contributed by atoms with Crippen LogP contribution >= 0.6 is 11.8 Å². The molecule has 2 aliphatic heterocycles. The molecule has 1 fully saturated rings. The SMILES string of the molecule is C[C@H](N)C(=O)N[C@@H](CO)C(=O)N[C@@H](CO)C(=O)N[C@@H](CCCN=C(N)N)[C@@H](O)C(=O)OCC1=C(C(=O)O)N2C(=O)[C@@H](NC(=O)CCC[C@@H](N)C(=O)O)[C@H]2SC1. The molecule has 1 saturated heterocycles. The Morgan fingerprint density at radius 2 is 1.55 bits per heavy atom. The molecule has 2 rings (SSSR count). The second-order valence-electron chi connectivity index (χ2n) is 12.4. The van der Waals surface area contributed by atoms with Crippen LogP contribution in [0, 0.1) is 0 Å². The van der Waals surface area contributed by atoms with E-state index in [9.17, 15) is 58.8 Å². The molecule has 55 heavy (non-hydrogen) atoms. The molecular weight excluding hydrogens is 756 g/mol. The Morgan fingerprint density at radius 1 is 0.945 bits per heavy atom. The number of aliphatic imine (C=N–C) groups is 1. The van der Waals surface area contributed by atoms with Crippen molar-refractivity contribution in [1.29, 1.82) is 0 Å². The third-order valence-electron chi connectivity index (χ3n) is 8.15. The first-order valence-corrected chi connectivity index (χ1v) is 17.9. The maximum Gasteiger partial charge on any atom is 0.352 e. The van der Waals surface area contributed by atoms with Gasteiger partial charge in [0, 0.05) is 24.3 Å². The lowest BCUT2D eigenvalue weighted by Crippen LogP contribution is -2.70. The summed E-state index contributed by atoms with van der Waals surface area (Å²) in [5.41, 5.74) is 21.0. The van der Waals surface area contributed by atoms with Gasteiger partial charge in [0.2, 0.25) is 23.6 Å².